The van der Waals surface area contributed by atoms with Crippen molar-refractivity contribution in [2.75, 3.05) is 26.2 Å². The summed E-state index contributed by atoms with van der Waals surface area (Å²) in [5.74, 6) is 0.0663. The number of nitrogens with one attached hydrogen (secondary N) is 3. The summed E-state index contributed by atoms with van der Waals surface area (Å²) in [4.78, 5) is 22.6. The summed E-state index contributed by atoms with van der Waals surface area (Å²) in [6.45, 7) is 6.42. The van der Waals surface area contributed by atoms with Gasteiger partial charge >= 0.3 is 6.03 Å². The Kier molecular flexibility index (Phi) is 5.93. The summed E-state index contributed by atoms with van der Waals surface area (Å²) in [7, 11) is 0. The van der Waals surface area contributed by atoms with Crippen molar-refractivity contribution in [2.45, 2.75) is 26.4 Å². The molecule has 0 spiro atoms. The lowest BCUT2D eigenvalue weighted by molar-refractivity contribution is -0.131. The van der Waals surface area contributed by atoms with Gasteiger partial charge in [-0.2, -0.15) is 0 Å². The molecule has 3 N–H and O–H groups in total. The highest BCUT2D eigenvalue weighted by Gasteiger charge is 2.20. The molecule has 6 nitrogen and oxygen atoms in total. The van der Waals surface area contributed by atoms with Crippen molar-refractivity contribution < 1.29 is 14.3 Å². The second-order valence-corrected chi connectivity index (χ2v) is 4.18. The third-order valence-corrected chi connectivity index (χ3v) is 2.69. The Morgan fingerprint density at radius 3 is 2.88 bits per heavy atom. The zero-order valence-electron chi connectivity index (χ0n) is 10.4. The molecule has 0 aromatic heterocycles. The van der Waals surface area contributed by atoms with Gasteiger partial charge in [0.25, 0.3) is 5.91 Å². The van der Waals surface area contributed by atoms with Crippen LogP contribution in [0.4, 0.5) is 4.79 Å². The summed E-state index contributed by atoms with van der Waals surface area (Å²) in [6.07, 6.45) is 0.475. The van der Waals surface area contributed by atoms with E-state index in [0.717, 1.165) is 19.5 Å². The number of carbonyl (C=O) groups is 2. The van der Waals surface area contributed by atoms with Crippen LogP contribution in [0, 0.1) is 5.92 Å². The fraction of sp³-hybridized carbons (Fsp3) is 0.818. The first-order valence-corrected chi connectivity index (χ1v) is 6.04. The average Bonchev–Trinajstić information content (AvgIpc) is 2.78. The van der Waals surface area contributed by atoms with Gasteiger partial charge in [0.05, 0.1) is 6.61 Å². The van der Waals surface area contributed by atoms with Crippen molar-refractivity contribution in [2.24, 2.45) is 5.92 Å². The van der Waals surface area contributed by atoms with Crippen LogP contribution in [-0.2, 0) is 9.53 Å². The molecule has 17 heavy (non-hydrogen) atoms. The molecule has 0 aliphatic carbocycles. The molecule has 3 amide bonds. The Labute approximate surface area is 101 Å². The number of hydrogen-bond donors (Lipinski definition) is 3. The molecule has 1 aliphatic rings. The van der Waals surface area contributed by atoms with E-state index in [2.05, 4.69) is 16.0 Å². The van der Waals surface area contributed by atoms with E-state index in [1.54, 1.807) is 13.8 Å². The Morgan fingerprint density at radius 2 is 2.29 bits per heavy atom. The number of urea groups is 1. The number of hydrogen-bond acceptors (Lipinski definition) is 4. The molecule has 0 saturated carbocycles. The molecule has 1 heterocycles. The Hall–Kier alpha value is -1.14. The zero-order chi connectivity index (χ0) is 12.7. The number of imide groups is 1. The van der Waals surface area contributed by atoms with Gasteiger partial charge in [-0.3, -0.25) is 10.1 Å². The predicted octanol–water partition coefficient (Wildman–Crippen LogP) is -0.153. The van der Waals surface area contributed by atoms with Crippen LogP contribution in [0.5, 0.6) is 0 Å². The van der Waals surface area contributed by atoms with E-state index in [1.807, 2.05) is 0 Å². The molecule has 0 radical (unpaired) electrons. The highest BCUT2D eigenvalue weighted by molar-refractivity contribution is 5.96. The van der Waals surface area contributed by atoms with E-state index < -0.39 is 18.0 Å². The third-order valence-electron chi connectivity index (χ3n) is 2.69. The van der Waals surface area contributed by atoms with Gasteiger partial charge in [-0.15, -0.1) is 0 Å². The van der Waals surface area contributed by atoms with Crippen LogP contribution in [0.3, 0.4) is 0 Å². The van der Waals surface area contributed by atoms with Crippen LogP contribution in [0.15, 0.2) is 0 Å². The summed E-state index contributed by atoms with van der Waals surface area (Å²) in [5.41, 5.74) is 0. The van der Waals surface area contributed by atoms with Gasteiger partial charge in [0.1, 0.15) is 6.10 Å². The average molecular weight is 243 g/mol. The Balaban J connectivity index is 2.19. The lowest BCUT2D eigenvalue weighted by atomic mass is 10.1. The highest BCUT2D eigenvalue weighted by Crippen LogP contribution is 2.08. The minimum absolute atomic E-state index is 0.401. The standard InChI is InChI=1S/C11H21N3O3/c1-3-13-11(16)14-10(15)8(2)17-7-9-4-5-12-6-9/h8-9,12H,3-7H2,1-2H3,(H2,13,14,15,16). The molecular formula is C11H21N3O3. The van der Waals surface area contributed by atoms with Gasteiger partial charge < -0.3 is 15.4 Å². The fourth-order valence-electron chi connectivity index (χ4n) is 1.63. The molecule has 0 bridgehead atoms. The van der Waals surface area contributed by atoms with E-state index in [1.165, 1.54) is 0 Å². The lowest BCUT2D eigenvalue weighted by Gasteiger charge is -2.15. The van der Waals surface area contributed by atoms with Crippen molar-refractivity contribution in [3.63, 3.8) is 0 Å². The first kappa shape index (κ1) is 13.9. The summed E-state index contributed by atoms with van der Waals surface area (Å²) in [6, 6.07) is -0.476. The van der Waals surface area contributed by atoms with Crippen molar-refractivity contribution in [1.29, 1.82) is 0 Å². The molecule has 1 rings (SSSR count). The van der Waals surface area contributed by atoms with E-state index >= 15 is 0 Å². The van der Waals surface area contributed by atoms with Crippen LogP contribution < -0.4 is 16.0 Å². The number of carbonyl (C=O) groups excluding carboxylic acids is 2. The van der Waals surface area contributed by atoms with Crippen LogP contribution in [-0.4, -0.2) is 44.3 Å². The van der Waals surface area contributed by atoms with E-state index in [-0.39, 0.29) is 0 Å². The second-order valence-electron chi connectivity index (χ2n) is 4.18. The summed E-state index contributed by atoms with van der Waals surface area (Å²) < 4.78 is 5.43. The summed E-state index contributed by atoms with van der Waals surface area (Å²) in [5, 5.41) is 7.95. The maximum absolute atomic E-state index is 11.5. The first-order chi connectivity index (χ1) is 8.13. The quantitative estimate of drug-likeness (QED) is 0.627. The molecule has 1 aliphatic heterocycles. The van der Waals surface area contributed by atoms with Crippen LogP contribution in [0.1, 0.15) is 20.3 Å². The molecule has 1 saturated heterocycles. The zero-order valence-corrected chi connectivity index (χ0v) is 10.4. The third kappa shape index (κ3) is 5.14. The second kappa shape index (κ2) is 7.24. The van der Waals surface area contributed by atoms with Crippen LogP contribution in [0.2, 0.25) is 0 Å². The summed E-state index contributed by atoms with van der Waals surface area (Å²) >= 11 is 0. The van der Waals surface area contributed by atoms with Gasteiger partial charge in [-0.1, -0.05) is 0 Å². The van der Waals surface area contributed by atoms with Crippen molar-refractivity contribution in [1.82, 2.24) is 16.0 Å². The molecule has 2 unspecified atom stereocenters. The minimum Gasteiger partial charge on any atom is -0.368 e. The van der Waals surface area contributed by atoms with E-state index in [4.69, 9.17) is 4.74 Å². The Bertz CT molecular complexity index is 265. The van der Waals surface area contributed by atoms with Gasteiger partial charge in [0.2, 0.25) is 0 Å². The van der Waals surface area contributed by atoms with Gasteiger partial charge in [0, 0.05) is 13.1 Å². The van der Waals surface area contributed by atoms with Gasteiger partial charge in [-0.25, -0.2) is 4.79 Å². The number of rotatable bonds is 5. The molecule has 2 atom stereocenters. The SMILES string of the molecule is CCNC(=O)NC(=O)C(C)OCC1CCNC1. The lowest BCUT2D eigenvalue weighted by Crippen LogP contribution is -2.44. The molecule has 6 heteroatoms. The number of ether oxygens (including phenoxy) is 1. The molecule has 0 aromatic carbocycles. The van der Waals surface area contributed by atoms with Gasteiger partial charge in [-0.05, 0) is 32.7 Å². The Morgan fingerprint density at radius 1 is 1.53 bits per heavy atom. The van der Waals surface area contributed by atoms with Crippen LogP contribution >= 0.6 is 0 Å². The maximum atomic E-state index is 11.5. The van der Waals surface area contributed by atoms with Gasteiger partial charge in [0.15, 0.2) is 0 Å². The molecular weight excluding hydrogens is 222 g/mol. The van der Waals surface area contributed by atoms with Crippen molar-refractivity contribution in [3.05, 3.63) is 0 Å². The maximum Gasteiger partial charge on any atom is 0.321 e. The fourth-order valence-corrected chi connectivity index (χ4v) is 1.63. The van der Waals surface area contributed by atoms with Crippen molar-refractivity contribution in [3.8, 4) is 0 Å². The topological polar surface area (TPSA) is 79.5 Å². The van der Waals surface area contributed by atoms with Crippen molar-refractivity contribution >= 4 is 11.9 Å². The van der Waals surface area contributed by atoms with Crippen LogP contribution in [0.25, 0.3) is 0 Å². The van der Waals surface area contributed by atoms with E-state index in [0.29, 0.717) is 19.1 Å². The largest absolute Gasteiger partial charge is 0.368 e. The van der Waals surface area contributed by atoms with E-state index in [9.17, 15) is 9.59 Å². The highest BCUT2D eigenvalue weighted by atomic mass is 16.5. The number of amides is 3. The first-order valence-electron chi connectivity index (χ1n) is 6.04. The molecule has 0 aromatic rings. The minimum atomic E-state index is -0.599. The molecule has 98 valence electrons. The predicted molar refractivity (Wildman–Crippen MR) is 63.6 cm³/mol. The normalized spacial score (nSPS) is 20.9. The monoisotopic (exact) mass is 243 g/mol. The smallest absolute Gasteiger partial charge is 0.321 e. The molecule has 1 fully saturated rings.